The highest BCUT2D eigenvalue weighted by Gasteiger charge is 2.08. The summed E-state index contributed by atoms with van der Waals surface area (Å²) in [4.78, 5) is 8.10. The van der Waals surface area contributed by atoms with Crippen LogP contribution in [-0.4, -0.2) is 29.8 Å². The molecule has 0 aliphatic rings. The van der Waals surface area contributed by atoms with E-state index in [1.54, 1.807) is 6.20 Å². The van der Waals surface area contributed by atoms with Gasteiger partial charge in [0, 0.05) is 19.4 Å². The fourth-order valence-electron chi connectivity index (χ4n) is 1.05. The molecule has 6 nitrogen and oxygen atoms in total. The zero-order valence-corrected chi connectivity index (χ0v) is 7.10. The SMILES string of the molecule is Cn1ccnc1-c1n[nH]c(CO)n1. The second kappa shape index (κ2) is 2.98. The molecule has 0 amide bonds. The van der Waals surface area contributed by atoms with Crippen molar-refractivity contribution in [3.8, 4) is 11.6 Å². The maximum atomic E-state index is 8.76. The number of H-pyrrole nitrogens is 1. The Bertz CT molecular complexity index is 404. The van der Waals surface area contributed by atoms with Crippen molar-refractivity contribution in [2.75, 3.05) is 0 Å². The first kappa shape index (κ1) is 7.93. The summed E-state index contributed by atoms with van der Waals surface area (Å²) >= 11 is 0. The van der Waals surface area contributed by atoms with Crippen LogP contribution in [0.15, 0.2) is 12.4 Å². The molecule has 0 saturated heterocycles. The third-order valence-electron chi connectivity index (χ3n) is 1.70. The molecule has 0 radical (unpaired) electrons. The van der Waals surface area contributed by atoms with E-state index in [4.69, 9.17) is 5.11 Å². The van der Waals surface area contributed by atoms with E-state index in [9.17, 15) is 0 Å². The Labute approximate surface area is 74.3 Å². The average molecular weight is 179 g/mol. The van der Waals surface area contributed by atoms with Crippen LogP contribution < -0.4 is 0 Å². The molecule has 2 N–H and O–H groups in total. The van der Waals surface area contributed by atoms with Crippen LogP contribution in [0.3, 0.4) is 0 Å². The summed E-state index contributed by atoms with van der Waals surface area (Å²) in [5, 5.41) is 15.3. The molecule has 6 heteroatoms. The van der Waals surface area contributed by atoms with Gasteiger partial charge in [-0.25, -0.2) is 9.97 Å². The Kier molecular flexibility index (Phi) is 1.82. The van der Waals surface area contributed by atoms with Gasteiger partial charge in [0.15, 0.2) is 11.6 Å². The van der Waals surface area contributed by atoms with E-state index in [1.807, 2.05) is 17.8 Å². The third kappa shape index (κ3) is 1.31. The number of rotatable bonds is 2. The van der Waals surface area contributed by atoms with Gasteiger partial charge in [0.25, 0.3) is 0 Å². The lowest BCUT2D eigenvalue weighted by Crippen LogP contribution is -1.93. The lowest BCUT2D eigenvalue weighted by molar-refractivity contribution is 0.272. The Balaban J connectivity index is 2.41. The molecule has 0 spiro atoms. The van der Waals surface area contributed by atoms with Crippen LogP contribution in [0.25, 0.3) is 11.6 Å². The fourth-order valence-corrected chi connectivity index (χ4v) is 1.05. The van der Waals surface area contributed by atoms with E-state index >= 15 is 0 Å². The highest BCUT2D eigenvalue weighted by molar-refractivity contribution is 5.42. The van der Waals surface area contributed by atoms with E-state index in [-0.39, 0.29) is 6.61 Å². The van der Waals surface area contributed by atoms with Gasteiger partial charge in [0.2, 0.25) is 5.82 Å². The number of aromatic nitrogens is 5. The molecule has 0 unspecified atom stereocenters. The van der Waals surface area contributed by atoms with Crippen molar-refractivity contribution in [2.24, 2.45) is 7.05 Å². The van der Waals surface area contributed by atoms with Gasteiger partial charge in [-0.2, -0.15) is 0 Å². The van der Waals surface area contributed by atoms with Gasteiger partial charge in [-0.05, 0) is 0 Å². The number of nitrogens with one attached hydrogen (secondary N) is 1. The number of nitrogens with zero attached hydrogens (tertiary/aromatic N) is 4. The van der Waals surface area contributed by atoms with Gasteiger partial charge in [0.1, 0.15) is 6.61 Å². The zero-order valence-electron chi connectivity index (χ0n) is 7.10. The molecule has 2 aromatic rings. The van der Waals surface area contributed by atoms with E-state index in [2.05, 4.69) is 20.2 Å². The number of hydrogen-bond acceptors (Lipinski definition) is 4. The van der Waals surface area contributed by atoms with Gasteiger partial charge in [-0.15, -0.1) is 5.10 Å². The molecule has 0 atom stereocenters. The Morgan fingerprint density at radius 3 is 3.00 bits per heavy atom. The molecule has 0 bridgehead atoms. The van der Waals surface area contributed by atoms with E-state index in [0.717, 1.165) is 0 Å². The number of aryl methyl sites for hydroxylation is 1. The van der Waals surface area contributed by atoms with E-state index in [1.165, 1.54) is 0 Å². The summed E-state index contributed by atoms with van der Waals surface area (Å²) in [6, 6.07) is 0. The molecule has 2 heterocycles. The molecule has 68 valence electrons. The summed E-state index contributed by atoms with van der Waals surface area (Å²) in [6.07, 6.45) is 3.48. The lowest BCUT2D eigenvalue weighted by atomic mass is 10.5. The largest absolute Gasteiger partial charge is 0.388 e. The van der Waals surface area contributed by atoms with Crippen molar-refractivity contribution in [3.05, 3.63) is 18.2 Å². The fraction of sp³-hybridized carbons (Fsp3) is 0.286. The first-order valence-electron chi connectivity index (χ1n) is 3.81. The minimum Gasteiger partial charge on any atom is -0.388 e. The number of aliphatic hydroxyl groups excluding tert-OH is 1. The lowest BCUT2D eigenvalue weighted by Gasteiger charge is -1.93. The van der Waals surface area contributed by atoms with Crippen molar-refractivity contribution in [3.63, 3.8) is 0 Å². The third-order valence-corrected chi connectivity index (χ3v) is 1.70. The minimum absolute atomic E-state index is 0.141. The summed E-state index contributed by atoms with van der Waals surface area (Å²) in [6.45, 7) is -0.141. The molecule has 2 rings (SSSR count). The zero-order chi connectivity index (χ0) is 9.26. The maximum absolute atomic E-state index is 8.76. The highest BCUT2D eigenvalue weighted by Crippen LogP contribution is 2.09. The van der Waals surface area contributed by atoms with Crippen LogP contribution in [0.1, 0.15) is 5.82 Å². The highest BCUT2D eigenvalue weighted by atomic mass is 16.3. The first-order valence-corrected chi connectivity index (χ1v) is 3.81. The Morgan fingerprint density at radius 1 is 1.62 bits per heavy atom. The predicted molar refractivity (Wildman–Crippen MR) is 44.5 cm³/mol. The van der Waals surface area contributed by atoms with Crippen molar-refractivity contribution < 1.29 is 5.11 Å². The van der Waals surface area contributed by atoms with Crippen LogP contribution >= 0.6 is 0 Å². The normalized spacial score (nSPS) is 10.6. The average Bonchev–Trinajstić information content (AvgIpc) is 2.71. The van der Waals surface area contributed by atoms with Crippen LogP contribution in [0.4, 0.5) is 0 Å². The van der Waals surface area contributed by atoms with Crippen molar-refractivity contribution in [1.82, 2.24) is 24.7 Å². The van der Waals surface area contributed by atoms with Gasteiger partial charge >= 0.3 is 0 Å². The first-order chi connectivity index (χ1) is 6.31. The summed E-state index contributed by atoms with van der Waals surface area (Å²) < 4.78 is 1.81. The minimum atomic E-state index is -0.141. The maximum Gasteiger partial charge on any atom is 0.217 e. The second-order valence-corrected chi connectivity index (χ2v) is 2.63. The van der Waals surface area contributed by atoms with Crippen LogP contribution in [0, 0.1) is 0 Å². The molecule has 13 heavy (non-hydrogen) atoms. The second-order valence-electron chi connectivity index (χ2n) is 2.63. The van der Waals surface area contributed by atoms with E-state index < -0.39 is 0 Å². The van der Waals surface area contributed by atoms with Gasteiger partial charge in [-0.3, -0.25) is 5.10 Å². The van der Waals surface area contributed by atoms with Crippen molar-refractivity contribution in [1.29, 1.82) is 0 Å². The number of aromatic amines is 1. The predicted octanol–water partition coefficient (Wildman–Crippen LogP) is -0.303. The summed E-state index contributed by atoms with van der Waals surface area (Å²) in [7, 11) is 1.86. The molecule has 0 fully saturated rings. The molecule has 0 aliphatic carbocycles. The quantitative estimate of drug-likeness (QED) is 0.663. The molecule has 0 aromatic carbocycles. The topological polar surface area (TPSA) is 79.6 Å². The molecular weight excluding hydrogens is 170 g/mol. The number of hydrogen-bond donors (Lipinski definition) is 2. The molecule has 2 aromatic heterocycles. The monoisotopic (exact) mass is 179 g/mol. The van der Waals surface area contributed by atoms with Crippen molar-refractivity contribution in [2.45, 2.75) is 6.61 Å². The van der Waals surface area contributed by atoms with Gasteiger partial charge in [0.05, 0.1) is 0 Å². The molecular formula is C7H9N5O. The molecule has 0 aliphatic heterocycles. The number of aliphatic hydroxyl groups is 1. The van der Waals surface area contributed by atoms with Crippen LogP contribution in [0.2, 0.25) is 0 Å². The summed E-state index contributed by atoms with van der Waals surface area (Å²) in [5.74, 6) is 1.62. The number of imidazole rings is 1. The Morgan fingerprint density at radius 2 is 2.46 bits per heavy atom. The van der Waals surface area contributed by atoms with E-state index in [0.29, 0.717) is 17.5 Å². The van der Waals surface area contributed by atoms with Gasteiger partial charge < -0.3 is 9.67 Å². The smallest absolute Gasteiger partial charge is 0.217 e. The van der Waals surface area contributed by atoms with Gasteiger partial charge in [-0.1, -0.05) is 0 Å². The van der Waals surface area contributed by atoms with Crippen LogP contribution in [0.5, 0.6) is 0 Å². The van der Waals surface area contributed by atoms with Crippen LogP contribution in [-0.2, 0) is 13.7 Å². The Hall–Kier alpha value is -1.69. The summed E-state index contributed by atoms with van der Waals surface area (Å²) in [5.41, 5.74) is 0. The standard InChI is InChI=1S/C7H9N5O/c1-12-3-2-8-7(12)6-9-5(4-13)10-11-6/h2-3,13H,4H2,1H3,(H,9,10,11). The molecule has 0 saturated carbocycles. The van der Waals surface area contributed by atoms with Crippen molar-refractivity contribution >= 4 is 0 Å².